The van der Waals surface area contributed by atoms with Crippen molar-refractivity contribution in [3.63, 3.8) is 0 Å². The van der Waals surface area contributed by atoms with Gasteiger partial charge in [-0.25, -0.2) is 0 Å². The second kappa shape index (κ2) is 10.3. The van der Waals surface area contributed by atoms with Gasteiger partial charge in [0.2, 0.25) is 11.8 Å². The Balaban J connectivity index is 2.23. The highest BCUT2D eigenvalue weighted by molar-refractivity contribution is 6.31. The minimum absolute atomic E-state index is 0.131. The van der Waals surface area contributed by atoms with Crippen molar-refractivity contribution in [1.29, 1.82) is 0 Å². The number of halogens is 2. The minimum Gasteiger partial charge on any atom is -0.354 e. The normalized spacial score (nSPS) is 11.7. The van der Waals surface area contributed by atoms with Gasteiger partial charge in [-0.1, -0.05) is 60.5 Å². The summed E-state index contributed by atoms with van der Waals surface area (Å²) in [5.41, 5.74) is 1.60. The number of nitrogens with one attached hydrogen (secondary N) is 1. The Labute approximate surface area is 170 Å². The zero-order valence-electron chi connectivity index (χ0n) is 15.5. The predicted octanol–water partition coefficient (Wildman–Crippen LogP) is 4.48. The fourth-order valence-electron chi connectivity index (χ4n) is 2.72. The number of rotatable bonds is 8. The molecule has 4 nitrogen and oxygen atoms in total. The Morgan fingerprint density at radius 2 is 1.85 bits per heavy atom. The van der Waals surface area contributed by atoms with Crippen LogP contribution in [0.5, 0.6) is 0 Å². The van der Waals surface area contributed by atoms with E-state index in [1.807, 2.05) is 37.3 Å². The van der Waals surface area contributed by atoms with E-state index in [2.05, 4.69) is 5.32 Å². The van der Waals surface area contributed by atoms with Crippen LogP contribution in [0.25, 0.3) is 0 Å². The summed E-state index contributed by atoms with van der Waals surface area (Å²) in [6.07, 6.45) is 0.964. The third-order valence-electron chi connectivity index (χ3n) is 4.26. The first-order chi connectivity index (χ1) is 12.9. The van der Waals surface area contributed by atoms with Gasteiger partial charge >= 0.3 is 0 Å². The summed E-state index contributed by atoms with van der Waals surface area (Å²) in [7, 11) is 0. The largest absolute Gasteiger partial charge is 0.354 e. The molecule has 0 radical (unpaired) electrons. The molecule has 2 aromatic rings. The van der Waals surface area contributed by atoms with Gasteiger partial charge in [-0.05, 0) is 42.7 Å². The van der Waals surface area contributed by atoms with Gasteiger partial charge in [0.05, 0.1) is 6.42 Å². The number of carbonyl (C=O) groups is 2. The van der Waals surface area contributed by atoms with E-state index in [0.29, 0.717) is 23.1 Å². The molecule has 2 rings (SSSR count). The summed E-state index contributed by atoms with van der Waals surface area (Å²) in [5, 5.41) is 3.99. The molecule has 0 aromatic heterocycles. The summed E-state index contributed by atoms with van der Waals surface area (Å²) in [4.78, 5) is 27.1. The zero-order valence-corrected chi connectivity index (χ0v) is 17.1. The summed E-state index contributed by atoms with van der Waals surface area (Å²) >= 11 is 12.3. The van der Waals surface area contributed by atoms with E-state index < -0.39 is 6.04 Å². The van der Waals surface area contributed by atoms with Gasteiger partial charge in [0, 0.05) is 23.1 Å². The number of amides is 2. The Morgan fingerprint density at radius 3 is 2.52 bits per heavy atom. The van der Waals surface area contributed by atoms with E-state index in [0.717, 1.165) is 17.5 Å². The molecule has 1 atom stereocenters. The molecule has 0 saturated heterocycles. The van der Waals surface area contributed by atoms with Gasteiger partial charge in [-0.3, -0.25) is 9.59 Å². The molecule has 6 heteroatoms. The molecule has 0 unspecified atom stereocenters. The van der Waals surface area contributed by atoms with E-state index in [-0.39, 0.29) is 18.2 Å². The molecule has 0 aliphatic carbocycles. The third-order valence-corrected chi connectivity index (χ3v) is 4.86. The van der Waals surface area contributed by atoms with E-state index >= 15 is 0 Å². The second-order valence-electron chi connectivity index (χ2n) is 6.39. The summed E-state index contributed by atoms with van der Waals surface area (Å²) in [6, 6.07) is 13.9. The monoisotopic (exact) mass is 406 g/mol. The van der Waals surface area contributed by atoms with Gasteiger partial charge < -0.3 is 10.2 Å². The molecule has 1 N–H and O–H groups in total. The standard InChI is InChI=1S/C21H24Cl2N2O2/c1-3-11-24-21(27)15(2)25(14-16-7-6-9-18(22)12-16)20(26)13-17-8-4-5-10-19(17)23/h4-10,12,15H,3,11,13-14H2,1-2H3,(H,24,27)/t15-/m1/s1. The summed E-state index contributed by atoms with van der Waals surface area (Å²) in [5.74, 6) is -0.339. The molecule has 2 amide bonds. The maximum absolute atomic E-state index is 13.0. The lowest BCUT2D eigenvalue weighted by molar-refractivity contribution is -0.140. The van der Waals surface area contributed by atoms with Gasteiger partial charge in [-0.2, -0.15) is 0 Å². The molecule has 0 aliphatic rings. The maximum Gasteiger partial charge on any atom is 0.242 e. The first-order valence-electron chi connectivity index (χ1n) is 8.97. The lowest BCUT2D eigenvalue weighted by Crippen LogP contribution is -2.48. The molecule has 144 valence electrons. The van der Waals surface area contributed by atoms with Crippen LogP contribution in [0.3, 0.4) is 0 Å². The van der Waals surface area contributed by atoms with Crippen LogP contribution in [0, 0.1) is 0 Å². The van der Waals surface area contributed by atoms with Crippen LogP contribution in [-0.4, -0.2) is 29.3 Å². The van der Waals surface area contributed by atoms with Crippen molar-refractivity contribution in [3.8, 4) is 0 Å². The SMILES string of the molecule is CCCNC(=O)[C@@H](C)N(Cc1cccc(Cl)c1)C(=O)Cc1ccccc1Cl. The predicted molar refractivity (Wildman–Crippen MR) is 110 cm³/mol. The average molecular weight is 407 g/mol. The molecule has 0 fully saturated rings. The van der Waals surface area contributed by atoms with Crippen LogP contribution in [0.15, 0.2) is 48.5 Å². The van der Waals surface area contributed by atoms with Gasteiger partial charge in [-0.15, -0.1) is 0 Å². The van der Waals surface area contributed by atoms with Gasteiger partial charge in [0.1, 0.15) is 6.04 Å². The second-order valence-corrected chi connectivity index (χ2v) is 7.23. The molecular weight excluding hydrogens is 383 g/mol. The molecule has 0 aliphatic heterocycles. The Hall–Kier alpha value is -2.04. The van der Waals surface area contributed by atoms with Crippen LogP contribution < -0.4 is 5.32 Å². The highest BCUT2D eigenvalue weighted by Crippen LogP contribution is 2.19. The van der Waals surface area contributed by atoms with Crippen LogP contribution in [0.4, 0.5) is 0 Å². The number of nitrogens with zero attached hydrogens (tertiary/aromatic N) is 1. The maximum atomic E-state index is 13.0. The van der Waals surface area contributed by atoms with Crippen molar-refractivity contribution in [2.24, 2.45) is 0 Å². The fourth-order valence-corrected chi connectivity index (χ4v) is 3.13. The molecule has 0 heterocycles. The van der Waals surface area contributed by atoms with E-state index in [4.69, 9.17) is 23.2 Å². The number of benzene rings is 2. The van der Waals surface area contributed by atoms with Gasteiger partial charge in [0.25, 0.3) is 0 Å². The lowest BCUT2D eigenvalue weighted by atomic mass is 10.1. The molecular formula is C21H24Cl2N2O2. The minimum atomic E-state index is -0.606. The molecule has 0 bridgehead atoms. The summed E-state index contributed by atoms with van der Waals surface area (Å²) < 4.78 is 0. The van der Waals surface area contributed by atoms with Crippen molar-refractivity contribution in [1.82, 2.24) is 10.2 Å². The number of hydrogen-bond donors (Lipinski definition) is 1. The van der Waals surface area contributed by atoms with Crippen molar-refractivity contribution < 1.29 is 9.59 Å². The molecule has 2 aromatic carbocycles. The zero-order chi connectivity index (χ0) is 19.8. The van der Waals surface area contributed by atoms with Crippen molar-refractivity contribution in [2.45, 2.75) is 39.3 Å². The number of carbonyl (C=O) groups excluding carboxylic acids is 2. The van der Waals surface area contributed by atoms with Crippen LogP contribution in [0.2, 0.25) is 10.0 Å². The first kappa shape index (κ1) is 21.3. The third kappa shape index (κ3) is 6.26. The Kier molecular flexibility index (Phi) is 8.14. The molecule has 27 heavy (non-hydrogen) atoms. The van der Waals surface area contributed by atoms with Crippen LogP contribution >= 0.6 is 23.2 Å². The molecule has 0 saturated carbocycles. The molecule has 0 spiro atoms. The van der Waals surface area contributed by atoms with Crippen molar-refractivity contribution >= 4 is 35.0 Å². The van der Waals surface area contributed by atoms with Crippen LogP contribution in [0.1, 0.15) is 31.4 Å². The first-order valence-corrected chi connectivity index (χ1v) is 9.73. The van der Waals surface area contributed by atoms with Gasteiger partial charge in [0.15, 0.2) is 0 Å². The van der Waals surface area contributed by atoms with E-state index in [1.54, 1.807) is 30.0 Å². The summed E-state index contributed by atoms with van der Waals surface area (Å²) in [6.45, 7) is 4.59. The Morgan fingerprint density at radius 1 is 1.11 bits per heavy atom. The Bertz CT molecular complexity index is 795. The highest BCUT2D eigenvalue weighted by atomic mass is 35.5. The quantitative estimate of drug-likeness (QED) is 0.702. The van der Waals surface area contributed by atoms with Crippen LogP contribution in [-0.2, 0) is 22.6 Å². The number of hydrogen-bond acceptors (Lipinski definition) is 2. The van der Waals surface area contributed by atoms with E-state index in [9.17, 15) is 9.59 Å². The average Bonchev–Trinajstić information content (AvgIpc) is 2.65. The van der Waals surface area contributed by atoms with Crippen molar-refractivity contribution in [2.75, 3.05) is 6.54 Å². The topological polar surface area (TPSA) is 49.4 Å². The van der Waals surface area contributed by atoms with Crippen molar-refractivity contribution in [3.05, 3.63) is 69.7 Å². The smallest absolute Gasteiger partial charge is 0.242 e. The highest BCUT2D eigenvalue weighted by Gasteiger charge is 2.26. The lowest BCUT2D eigenvalue weighted by Gasteiger charge is -2.29. The fraction of sp³-hybridized carbons (Fsp3) is 0.333. The van der Waals surface area contributed by atoms with E-state index in [1.165, 1.54) is 0 Å².